The molecule has 0 amide bonds. The third kappa shape index (κ3) is 4.61. The van der Waals surface area contributed by atoms with Crippen LogP contribution in [-0.2, 0) is 9.53 Å². The van der Waals surface area contributed by atoms with Crippen molar-refractivity contribution in [1.29, 1.82) is 0 Å². The molecule has 0 aliphatic carbocycles. The fourth-order valence-electron chi connectivity index (χ4n) is 3.87. The second kappa shape index (κ2) is 9.73. The number of carbonyl (C=O) groups excluding carboxylic acids is 1. The van der Waals surface area contributed by atoms with E-state index in [0.29, 0.717) is 11.6 Å². The van der Waals surface area contributed by atoms with Crippen LogP contribution in [0, 0.1) is 26.0 Å². The van der Waals surface area contributed by atoms with E-state index in [1.165, 1.54) is 28.8 Å². The number of carbonyl (C=O) groups is 1. The van der Waals surface area contributed by atoms with Crippen molar-refractivity contribution in [3.8, 4) is 5.75 Å². The highest BCUT2D eigenvalue weighted by atomic mass is 32.1. The van der Waals surface area contributed by atoms with Crippen molar-refractivity contribution in [2.75, 3.05) is 6.61 Å². The standard InChI is InChI=1S/C23H17FN4O8S/c1-3-36-22(31)18-11(2)25-23-26(19(18)12-4-6-14(24)7-5-12)21(30)17(37-23)9-13-8-15(27(32)33)10-16(20(13)29)28(34)35/h4-10,19,29H,3H2,1-2H3/b17-9-/t19-/m0/s1. The van der Waals surface area contributed by atoms with Gasteiger partial charge in [0, 0.05) is 11.6 Å². The molecule has 0 radical (unpaired) electrons. The van der Waals surface area contributed by atoms with Gasteiger partial charge in [-0.1, -0.05) is 23.5 Å². The van der Waals surface area contributed by atoms with Gasteiger partial charge in [-0.15, -0.1) is 0 Å². The molecule has 14 heteroatoms. The zero-order valence-electron chi connectivity index (χ0n) is 19.2. The molecule has 0 unspecified atom stereocenters. The van der Waals surface area contributed by atoms with Crippen molar-refractivity contribution >= 4 is 34.8 Å². The molecule has 0 saturated heterocycles. The Morgan fingerprint density at radius 2 is 1.92 bits per heavy atom. The van der Waals surface area contributed by atoms with Crippen LogP contribution in [0.2, 0.25) is 0 Å². The molecule has 0 saturated carbocycles. The van der Waals surface area contributed by atoms with Gasteiger partial charge in [-0.25, -0.2) is 14.2 Å². The van der Waals surface area contributed by atoms with E-state index in [0.717, 1.165) is 23.5 Å². The van der Waals surface area contributed by atoms with Crippen LogP contribution in [0.3, 0.4) is 0 Å². The Balaban J connectivity index is 2.00. The third-order valence-corrected chi connectivity index (χ3v) is 6.48. The van der Waals surface area contributed by atoms with Gasteiger partial charge >= 0.3 is 11.7 Å². The van der Waals surface area contributed by atoms with Crippen molar-refractivity contribution in [1.82, 2.24) is 4.57 Å². The summed E-state index contributed by atoms with van der Waals surface area (Å²) in [5.74, 6) is -2.11. The van der Waals surface area contributed by atoms with Crippen LogP contribution in [0.15, 0.2) is 57.5 Å². The Morgan fingerprint density at radius 1 is 1.24 bits per heavy atom. The van der Waals surface area contributed by atoms with Crippen LogP contribution < -0.4 is 14.9 Å². The monoisotopic (exact) mass is 528 g/mol. The van der Waals surface area contributed by atoms with Crippen molar-refractivity contribution < 1.29 is 28.9 Å². The lowest BCUT2D eigenvalue weighted by Crippen LogP contribution is -2.39. The number of non-ortho nitro benzene ring substituents is 1. The lowest BCUT2D eigenvalue weighted by atomic mass is 9.96. The minimum Gasteiger partial charge on any atom is -0.502 e. The summed E-state index contributed by atoms with van der Waals surface area (Å²) in [6, 6.07) is 5.62. The normalized spacial score (nSPS) is 15.2. The number of ether oxygens (including phenoxy) is 1. The van der Waals surface area contributed by atoms with Gasteiger partial charge in [-0.2, -0.15) is 0 Å². The molecular formula is C23H17FN4O8S. The van der Waals surface area contributed by atoms with Crippen molar-refractivity contribution in [2.24, 2.45) is 4.99 Å². The fraction of sp³-hybridized carbons (Fsp3) is 0.174. The summed E-state index contributed by atoms with van der Waals surface area (Å²) in [6.45, 7) is 3.22. The van der Waals surface area contributed by atoms with E-state index in [4.69, 9.17) is 4.74 Å². The number of aromatic hydroxyl groups is 1. The summed E-state index contributed by atoms with van der Waals surface area (Å²) in [6.07, 6.45) is 1.07. The summed E-state index contributed by atoms with van der Waals surface area (Å²) in [7, 11) is 0. The number of fused-ring (bicyclic) bond motifs is 1. The van der Waals surface area contributed by atoms with Gasteiger partial charge in [0.05, 0.1) is 44.4 Å². The van der Waals surface area contributed by atoms with Crippen LogP contribution in [-0.4, -0.2) is 32.1 Å². The van der Waals surface area contributed by atoms with Crippen LogP contribution in [0.4, 0.5) is 15.8 Å². The number of esters is 1. The first-order chi connectivity index (χ1) is 17.5. The summed E-state index contributed by atoms with van der Waals surface area (Å²) in [5, 5.41) is 32.9. The lowest BCUT2D eigenvalue weighted by Gasteiger charge is -2.24. The molecular weight excluding hydrogens is 511 g/mol. The summed E-state index contributed by atoms with van der Waals surface area (Å²) in [4.78, 5) is 51.6. The van der Waals surface area contributed by atoms with E-state index >= 15 is 0 Å². The van der Waals surface area contributed by atoms with Gasteiger partial charge < -0.3 is 9.84 Å². The Bertz CT molecular complexity index is 1670. The van der Waals surface area contributed by atoms with Crippen LogP contribution >= 0.6 is 11.3 Å². The molecule has 1 aromatic heterocycles. The molecule has 0 spiro atoms. The molecule has 2 aromatic carbocycles. The molecule has 1 aliphatic rings. The van der Waals surface area contributed by atoms with E-state index in [-0.39, 0.29) is 32.8 Å². The highest BCUT2D eigenvalue weighted by Gasteiger charge is 2.33. The number of phenolic OH excluding ortho intramolecular Hbond substituents is 1. The second-order valence-corrected chi connectivity index (χ2v) is 8.78. The van der Waals surface area contributed by atoms with Gasteiger partial charge in [-0.3, -0.25) is 29.6 Å². The molecule has 0 fully saturated rings. The average Bonchev–Trinajstić information content (AvgIpc) is 3.14. The van der Waals surface area contributed by atoms with E-state index in [9.17, 15) is 39.3 Å². The molecule has 4 rings (SSSR count). The molecule has 37 heavy (non-hydrogen) atoms. The van der Waals surface area contributed by atoms with Crippen molar-refractivity contribution in [2.45, 2.75) is 19.9 Å². The molecule has 1 aliphatic heterocycles. The molecule has 190 valence electrons. The van der Waals surface area contributed by atoms with Gasteiger partial charge in [-0.05, 0) is 37.6 Å². The number of benzene rings is 2. The number of allylic oxidation sites excluding steroid dienone is 1. The number of halogens is 1. The largest absolute Gasteiger partial charge is 0.502 e. The predicted molar refractivity (Wildman–Crippen MR) is 128 cm³/mol. The Morgan fingerprint density at radius 3 is 2.51 bits per heavy atom. The van der Waals surface area contributed by atoms with E-state index in [1.54, 1.807) is 13.8 Å². The van der Waals surface area contributed by atoms with Crippen molar-refractivity contribution in [3.63, 3.8) is 0 Å². The number of aromatic nitrogens is 1. The predicted octanol–water partition coefficient (Wildman–Crippen LogP) is 2.46. The number of nitrogens with zero attached hydrogens (tertiary/aromatic N) is 4. The highest BCUT2D eigenvalue weighted by Crippen LogP contribution is 2.35. The molecule has 1 atom stereocenters. The molecule has 3 aromatic rings. The van der Waals surface area contributed by atoms with Gasteiger partial charge in [0.1, 0.15) is 5.82 Å². The minimum absolute atomic E-state index is 0.0566. The summed E-state index contributed by atoms with van der Waals surface area (Å²) < 4.78 is 19.9. The first kappa shape index (κ1) is 25.4. The summed E-state index contributed by atoms with van der Waals surface area (Å²) in [5.41, 5.74) is -1.88. The van der Waals surface area contributed by atoms with Gasteiger partial charge in [0.15, 0.2) is 4.80 Å². The van der Waals surface area contributed by atoms with E-state index in [1.807, 2.05) is 0 Å². The van der Waals surface area contributed by atoms with E-state index < -0.39 is 50.4 Å². The first-order valence-electron chi connectivity index (χ1n) is 10.6. The molecule has 2 heterocycles. The number of thiazole rings is 1. The molecule has 12 nitrogen and oxygen atoms in total. The maximum absolute atomic E-state index is 13.6. The number of phenols is 1. The highest BCUT2D eigenvalue weighted by molar-refractivity contribution is 7.07. The number of rotatable bonds is 6. The first-order valence-corrected chi connectivity index (χ1v) is 11.5. The quantitative estimate of drug-likeness (QED) is 0.289. The minimum atomic E-state index is -1.04. The topological polar surface area (TPSA) is 167 Å². The van der Waals surface area contributed by atoms with Crippen LogP contribution in [0.1, 0.15) is 31.0 Å². The smallest absolute Gasteiger partial charge is 0.338 e. The van der Waals surface area contributed by atoms with Crippen LogP contribution in [0.25, 0.3) is 6.08 Å². The number of nitro groups is 2. The third-order valence-electron chi connectivity index (χ3n) is 5.50. The summed E-state index contributed by atoms with van der Waals surface area (Å²) >= 11 is 0.843. The van der Waals surface area contributed by atoms with Crippen LogP contribution in [0.5, 0.6) is 5.75 Å². The Kier molecular flexibility index (Phi) is 6.68. The zero-order chi connectivity index (χ0) is 27.0. The average molecular weight is 528 g/mol. The number of hydrogen-bond donors (Lipinski definition) is 1. The molecule has 1 N–H and O–H groups in total. The maximum atomic E-state index is 13.6. The van der Waals surface area contributed by atoms with Gasteiger partial charge in [0.2, 0.25) is 5.75 Å². The van der Waals surface area contributed by atoms with Gasteiger partial charge in [0.25, 0.3) is 11.2 Å². The number of nitro benzene ring substituents is 2. The SMILES string of the molecule is CCOC(=O)C1=C(C)N=c2s/c(=C\c3cc([N+](=O)[O-])cc([N+](=O)[O-])c3O)c(=O)n2[C@H]1c1ccc(F)cc1. The second-order valence-electron chi connectivity index (χ2n) is 7.77. The molecule has 0 bridgehead atoms. The van der Waals surface area contributed by atoms with E-state index in [2.05, 4.69) is 4.99 Å². The fourth-order valence-corrected chi connectivity index (χ4v) is 4.91. The maximum Gasteiger partial charge on any atom is 0.338 e. The lowest BCUT2D eigenvalue weighted by molar-refractivity contribution is -0.394. The van der Waals surface area contributed by atoms with Crippen molar-refractivity contribution in [3.05, 3.63) is 105 Å². The zero-order valence-corrected chi connectivity index (χ0v) is 20.0. The number of hydrogen-bond acceptors (Lipinski definition) is 10. The Hall–Kier alpha value is -4.72. The Labute approximate surface area is 210 Å².